The average Bonchev–Trinajstić information content (AvgIpc) is 3.73. The number of likely N-dealkylation sites (tertiary alicyclic amines) is 1. The van der Waals surface area contributed by atoms with Crippen molar-refractivity contribution >= 4 is 23.2 Å². The lowest BCUT2D eigenvalue weighted by molar-refractivity contribution is -0.128. The number of carbonyl (C=O) groups is 2. The Hall–Kier alpha value is -3.22. The van der Waals surface area contributed by atoms with E-state index in [9.17, 15) is 14.7 Å². The fourth-order valence-electron chi connectivity index (χ4n) is 5.43. The second-order valence-corrected chi connectivity index (χ2v) is 14.5. The van der Waals surface area contributed by atoms with Crippen molar-refractivity contribution in [2.45, 2.75) is 58.8 Å². The van der Waals surface area contributed by atoms with Crippen LogP contribution in [0.1, 0.15) is 38.4 Å². The third-order valence-electron chi connectivity index (χ3n) is 8.40. The number of nitrogens with zero attached hydrogens (tertiary/aromatic N) is 5. The number of rotatable bonds is 27. The van der Waals surface area contributed by atoms with Gasteiger partial charge in [-0.2, -0.15) is 0 Å². The van der Waals surface area contributed by atoms with E-state index in [0.29, 0.717) is 98.7 Å². The minimum Gasteiger partial charge on any atom is -0.392 e. The van der Waals surface area contributed by atoms with Crippen LogP contribution < -0.4 is 10.6 Å². The highest BCUT2D eigenvalue weighted by Crippen LogP contribution is 2.28. The first kappa shape index (κ1) is 44.2. The maximum Gasteiger partial charge on any atom is 0.246 e. The number of amides is 2. The Labute approximate surface area is 316 Å². The third-order valence-corrected chi connectivity index (χ3v) is 9.38. The number of aryl methyl sites for hydroxylation is 1. The minimum atomic E-state index is -0.627. The zero-order valence-electron chi connectivity index (χ0n) is 31.5. The van der Waals surface area contributed by atoms with Crippen LogP contribution in [0.5, 0.6) is 0 Å². The molecular formula is C36H57N7O9S. The number of aliphatic hydroxyl groups is 1. The van der Waals surface area contributed by atoms with Gasteiger partial charge in [0.2, 0.25) is 11.8 Å². The Morgan fingerprint density at radius 2 is 1.53 bits per heavy atom. The van der Waals surface area contributed by atoms with Crippen molar-refractivity contribution in [1.82, 2.24) is 20.5 Å². The second kappa shape index (κ2) is 25.0. The molecule has 1 aliphatic rings. The summed E-state index contributed by atoms with van der Waals surface area (Å²) in [4.78, 5) is 36.2. The van der Waals surface area contributed by atoms with E-state index in [-0.39, 0.29) is 36.5 Å². The number of aliphatic hydroxyl groups excluding tert-OH is 1. The van der Waals surface area contributed by atoms with E-state index in [1.807, 2.05) is 62.4 Å². The Bertz CT molecular complexity index is 1390. The average molecular weight is 764 g/mol. The molecule has 2 amide bonds. The zero-order valence-corrected chi connectivity index (χ0v) is 32.3. The number of carbonyl (C=O) groups excluding carboxylic acids is 2. The highest BCUT2D eigenvalue weighted by atomic mass is 32.1. The lowest BCUT2D eigenvalue weighted by atomic mass is 9.86. The molecule has 17 heteroatoms. The molecule has 53 heavy (non-hydrogen) atoms. The highest BCUT2D eigenvalue weighted by Gasteiger charge is 2.39. The largest absolute Gasteiger partial charge is 0.392 e. The number of benzene rings is 1. The summed E-state index contributed by atoms with van der Waals surface area (Å²) < 4.78 is 32.6. The molecule has 0 radical (unpaired) electrons. The van der Waals surface area contributed by atoms with Gasteiger partial charge in [0, 0.05) is 37.1 Å². The first-order chi connectivity index (χ1) is 25.6. The number of ether oxygens (including phenoxy) is 6. The van der Waals surface area contributed by atoms with E-state index in [4.69, 9.17) is 34.0 Å². The third kappa shape index (κ3) is 17.6. The van der Waals surface area contributed by atoms with E-state index in [1.165, 1.54) is 0 Å². The quantitative estimate of drug-likeness (QED) is 0.0523. The van der Waals surface area contributed by atoms with E-state index in [1.54, 1.807) is 11.3 Å². The van der Waals surface area contributed by atoms with Gasteiger partial charge < -0.3 is 44.2 Å². The van der Waals surface area contributed by atoms with Crippen LogP contribution in [-0.2, 0) is 44.6 Å². The number of thiazole rings is 1. The summed E-state index contributed by atoms with van der Waals surface area (Å²) in [5.41, 5.74) is 12.8. The summed E-state index contributed by atoms with van der Waals surface area (Å²) >= 11 is 1.60. The molecule has 1 unspecified atom stereocenters. The maximum atomic E-state index is 13.3. The van der Waals surface area contributed by atoms with Crippen molar-refractivity contribution in [3.05, 3.63) is 51.5 Å². The number of β-amino-alcohol motifs (C(OH)–C–C–N with tert-alkyl or cyclic N) is 1. The summed E-state index contributed by atoms with van der Waals surface area (Å²) in [6, 6.07) is 7.29. The van der Waals surface area contributed by atoms with Gasteiger partial charge in [0.05, 0.1) is 101 Å². The van der Waals surface area contributed by atoms with Gasteiger partial charge in [-0.05, 0) is 35.4 Å². The molecule has 0 bridgehead atoms. The standard InChI is InChI=1S/C36H57N7O9S/c1-27-34(53-26-39-27)29-7-5-28(6-8-29)22-38-35(46)31-21-30(44)23-43(31)24-32(36(2,3)4)41-33(45)25-52-20-19-51-18-17-50-16-15-49-14-13-48-12-11-47-10-9-40-42-37/h5-8,26,30-32,44H,9-25H2,1-4H3,(H,38,46)(H,41,45)/t30-,31?,32-/m1/s1. The number of hydrogen-bond donors (Lipinski definition) is 3. The zero-order chi connectivity index (χ0) is 38.3. The fraction of sp³-hybridized carbons (Fsp3) is 0.694. The molecule has 1 fully saturated rings. The molecule has 0 aliphatic carbocycles. The van der Waals surface area contributed by atoms with Gasteiger partial charge in [-0.25, -0.2) is 4.98 Å². The van der Waals surface area contributed by atoms with Crippen LogP contribution in [-0.4, -0.2) is 144 Å². The van der Waals surface area contributed by atoms with Crippen LogP contribution in [0.15, 0.2) is 34.9 Å². The molecule has 3 atom stereocenters. The van der Waals surface area contributed by atoms with Crippen LogP contribution in [0.4, 0.5) is 0 Å². The van der Waals surface area contributed by atoms with Crippen molar-refractivity contribution in [1.29, 1.82) is 0 Å². The van der Waals surface area contributed by atoms with Crippen LogP contribution in [0.25, 0.3) is 20.9 Å². The molecule has 0 spiro atoms. The summed E-state index contributed by atoms with van der Waals surface area (Å²) in [6.45, 7) is 13.8. The monoisotopic (exact) mass is 763 g/mol. The highest BCUT2D eigenvalue weighted by molar-refractivity contribution is 7.13. The van der Waals surface area contributed by atoms with Gasteiger partial charge in [-0.3, -0.25) is 14.5 Å². The van der Waals surface area contributed by atoms with Gasteiger partial charge in [0.15, 0.2) is 0 Å². The smallest absolute Gasteiger partial charge is 0.246 e. The number of aromatic nitrogens is 1. The molecule has 1 saturated heterocycles. The summed E-state index contributed by atoms with van der Waals surface area (Å²) in [7, 11) is 0. The first-order valence-electron chi connectivity index (χ1n) is 18.0. The molecule has 16 nitrogen and oxygen atoms in total. The number of nitrogens with one attached hydrogen (secondary N) is 2. The van der Waals surface area contributed by atoms with Crippen LogP contribution in [0.3, 0.4) is 0 Å². The molecule has 2 aromatic rings. The lowest BCUT2D eigenvalue weighted by Gasteiger charge is -2.36. The van der Waals surface area contributed by atoms with Crippen molar-refractivity contribution in [2.75, 3.05) is 98.9 Å². The summed E-state index contributed by atoms with van der Waals surface area (Å²) in [5, 5.41) is 20.0. The second-order valence-electron chi connectivity index (χ2n) is 13.6. The van der Waals surface area contributed by atoms with Crippen LogP contribution in [0, 0.1) is 12.3 Å². The predicted octanol–water partition coefficient (Wildman–Crippen LogP) is 3.11. The normalized spacial score (nSPS) is 16.7. The topological polar surface area (TPSA) is 199 Å². The molecule has 3 N–H and O–H groups in total. The minimum absolute atomic E-state index is 0.119. The van der Waals surface area contributed by atoms with Crippen molar-refractivity contribution < 1.29 is 43.1 Å². The van der Waals surface area contributed by atoms with Gasteiger partial charge >= 0.3 is 0 Å². The SMILES string of the molecule is Cc1ncsc1-c1ccc(CNC(=O)C2C[C@@H](O)CN2C[C@@H](NC(=O)COCCOCCOCCOCCOCCOCCN=[N+]=[N-])C(C)(C)C)cc1. The molecule has 1 aromatic heterocycles. The summed E-state index contributed by atoms with van der Waals surface area (Å²) in [5.74, 6) is -0.404. The Morgan fingerprint density at radius 1 is 0.962 bits per heavy atom. The van der Waals surface area contributed by atoms with E-state index in [0.717, 1.165) is 21.7 Å². The van der Waals surface area contributed by atoms with Crippen molar-refractivity contribution in [3.8, 4) is 10.4 Å². The molecule has 296 valence electrons. The van der Waals surface area contributed by atoms with E-state index in [2.05, 4.69) is 25.6 Å². The Morgan fingerprint density at radius 3 is 2.06 bits per heavy atom. The van der Waals surface area contributed by atoms with Gasteiger partial charge in [0.1, 0.15) is 6.61 Å². The fourth-order valence-corrected chi connectivity index (χ4v) is 6.25. The van der Waals surface area contributed by atoms with Gasteiger partial charge in [0.25, 0.3) is 0 Å². The van der Waals surface area contributed by atoms with Gasteiger partial charge in [-0.1, -0.05) is 50.2 Å². The Kier molecular flexibility index (Phi) is 20.8. The number of hydrogen-bond acceptors (Lipinski definition) is 13. The van der Waals surface area contributed by atoms with E-state index < -0.39 is 12.1 Å². The van der Waals surface area contributed by atoms with Crippen molar-refractivity contribution in [3.63, 3.8) is 0 Å². The maximum absolute atomic E-state index is 13.3. The molecule has 1 aliphatic heterocycles. The van der Waals surface area contributed by atoms with Crippen LogP contribution in [0.2, 0.25) is 0 Å². The first-order valence-corrected chi connectivity index (χ1v) is 18.9. The lowest BCUT2D eigenvalue weighted by Crippen LogP contribution is -2.54. The molecular weight excluding hydrogens is 707 g/mol. The molecule has 3 rings (SSSR count). The molecule has 0 saturated carbocycles. The predicted molar refractivity (Wildman–Crippen MR) is 200 cm³/mol. The Balaban J connectivity index is 1.25. The van der Waals surface area contributed by atoms with Crippen molar-refractivity contribution in [2.24, 2.45) is 10.5 Å². The van der Waals surface area contributed by atoms with Gasteiger partial charge in [-0.15, -0.1) is 11.3 Å². The molecule has 2 heterocycles. The summed E-state index contributed by atoms with van der Waals surface area (Å²) in [6.07, 6.45) is -0.295. The molecule has 1 aromatic carbocycles. The number of azide groups is 1. The van der Waals surface area contributed by atoms with Crippen LogP contribution >= 0.6 is 11.3 Å². The van der Waals surface area contributed by atoms with E-state index >= 15 is 0 Å².